The summed E-state index contributed by atoms with van der Waals surface area (Å²) in [7, 11) is 1.66. The van der Waals surface area contributed by atoms with E-state index in [0.717, 1.165) is 12.0 Å². The quantitative estimate of drug-likeness (QED) is 0.669. The van der Waals surface area contributed by atoms with Crippen LogP contribution < -0.4 is 10.5 Å². The van der Waals surface area contributed by atoms with Crippen molar-refractivity contribution in [2.24, 2.45) is 5.73 Å². The van der Waals surface area contributed by atoms with E-state index in [2.05, 4.69) is 0 Å². The lowest BCUT2D eigenvalue weighted by Crippen LogP contribution is -2.18. The fourth-order valence-electron chi connectivity index (χ4n) is 1.82. The van der Waals surface area contributed by atoms with Crippen LogP contribution in [0.25, 0.3) is 0 Å². The molecule has 5 heteroatoms. The molecular formula is C15H24FNO3. The number of nitrogens with two attached hydrogens (primary N) is 1. The van der Waals surface area contributed by atoms with Crippen molar-refractivity contribution >= 4 is 0 Å². The van der Waals surface area contributed by atoms with Crippen molar-refractivity contribution in [1.82, 2.24) is 0 Å². The normalized spacial score (nSPS) is 12.4. The first-order valence-corrected chi connectivity index (χ1v) is 6.86. The van der Waals surface area contributed by atoms with Gasteiger partial charge >= 0.3 is 0 Å². The summed E-state index contributed by atoms with van der Waals surface area (Å²) >= 11 is 0. The van der Waals surface area contributed by atoms with Gasteiger partial charge in [-0.2, -0.15) is 0 Å². The van der Waals surface area contributed by atoms with Crippen LogP contribution in [0.4, 0.5) is 4.39 Å². The van der Waals surface area contributed by atoms with Gasteiger partial charge in [0.1, 0.15) is 18.2 Å². The number of hydrogen-bond donors (Lipinski definition) is 1. The van der Waals surface area contributed by atoms with E-state index < -0.39 is 0 Å². The maximum Gasteiger partial charge on any atom is 0.127 e. The van der Waals surface area contributed by atoms with Crippen molar-refractivity contribution in [3.63, 3.8) is 0 Å². The zero-order valence-corrected chi connectivity index (χ0v) is 12.2. The Morgan fingerprint density at radius 2 is 1.95 bits per heavy atom. The number of hydrogen-bond acceptors (Lipinski definition) is 4. The molecule has 2 N–H and O–H groups in total. The SMILES string of the molecule is COCCCOCCOc1cc(F)cc(CC(C)N)c1. The molecule has 20 heavy (non-hydrogen) atoms. The zero-order valence-electron chi connectivity index (χ0n) is 12.2. The van der Waals surface area contributed by atoms with Crippen molar-refractivity contribution < 1.29 is 18.6 Å². The highest BCUT2D eigenvalue weighted by Gasteiger charge is 2.04. The van der Waals surface area contributed by atoms with Crippen molar-refractivity contribution in [2.75, 3.05) is 33.5 Å². The summed E-state index contributed by atoms with van der Waals surface area (Å²) in [6, 6.07) is 4.67. The van der Waals surface area contributed by atoms with Gasteiger partial charge in [-0.3, -0.25) is 0 Å². The Kier molecular flexibility index (Phi) is 8.18. The van der Waals surface area contributed by atoms with Gasteiger partial charge in [0.25, 0.3) is 0 Å². The predicted molar refractivity (Wildman–Crippen MR) is 76.6 cm³/mol. The molecule has 0 aliphatic carbocycles. The lowest BCUT2D eigenvalue weighted by Gasteiger charge is -2.10. The first kappa shape index (κ1) is 16.9. The van der Waals surface area contributed by atoms with Gasteiger partial charge < -0.3 is 19.9 Å². The standard InChI is InChI=1S/C15H24FNO3/c1-12(17)8-13-9-14(16)11-15(10-13)20-7-6-19-5-3-4-18-2/h9-12H,3-8,17H2,1-2H3. The van der Waals surface area contributed by atoms with Gasteiger partial charge in [0.2, 0.25) is 0 Å². The summed E-state index contributed by atoms with van der Waals surface area (Å²) < 4.78 is 29.2. The minimum Gasteiger partial charge on any atom is -0.491 e. The Balaban J connectivity index is 2.30. The van der Waals surface area contributed by atoms with Gasteiger partial charge in [0.05, 0.1) is 6.61 Å². The molecule has 0 aliphatic rings. The number of methoxy groups -OCH3 is 1. The monoisotopic (exact) mass is 285 g/mol. The molecule has 0 saturated heterocycles. The molecule has 0 amide bonds. The van der Waals surface area contributed by atoms with E-state index in [4.69, 9.17) is 19.9 Å². The first-order valence-electron chi connectivity index (χ1n) is 6.86. The number of rotatable bonds is 10. The largest absolute Gasteiger partial charge is 0.491 e. The van der Waals surface area contributed by atoms with Gasteiger partial charge in [-0.05, 0) is 37.5 Å². The molecule has 1 aromatic carbocycles. The van der Waals surface area contributed by atoms with E-state index in [1.54, 1.807) is 7.11 Å². The van der Waals surface area contributed by atoms with E-state index >= 15 is 0 Å². The summed E-state index contributed by atoms with van der Waals surface area (Å²) in [4.78, 5) is 0. The smallest absolute Gasteiger partial charge is 0.127 e. The topological polar surface area (TPSA) is 53.7 Å². The lowest BCUT2D eigenvalue weighted by molar-refractivity contribution is 0.0805. The highest BCUT2D eigenvalue weighted by atomic mass is 19.1. The van der Waals surface area contributed by atoms with Crippen LogP contribution in [0.5, 0.6) is 5.75 Å². The molecule has 4 nitrogen and oxygen atoms in total. The van der Waals surface area contributed by atoms with Gasteiger partial charge in [0.15, 0.2) is 0 Å². The molecule has 0 spiro atoms. The van der Waals surface area contributed by atoms with Crippen LogP contribution in [0.15, 0.2) is 18.2 Å². The van der Waals surface area contributed by atoms with Crippen LogP contribution in [0.1, 0.15) is 18.9 Å². The third kappa shape index (κ3) is 7.43. The molecule has 1 unspecified atom stereocenters. The van der Waals surface area contributed by atoms with Gasteiger partial charge in [-0.15, -0.1) is 0 Å². The Morgan fingerprint density at radius 1 is 1.15 bits per heavy atom. The van der Waals surface area contributed by atoms with Crippen LogP contribution in [0, 0.1) is 5.82 Å². The molecule has 1 aromatic rings. The second kappa shape index (κ2) is 9.69. The highest BCUT2D eigenvalue weighted by molar-refractivity contribution is 5.30. The Bertz CT molecular complexity index is 385. The van der Waals surface area contributed by atoms with Crippen molar-refractivity contribution in [3.05, 3.63) is 29.6 Å². The van der Waals surface area contributed by atoms with Crippen molar-refractivity contribution in [1.29, 1.82) is 0 Å². The van der Waals surface area contributed by atoms with Crippen LogP contribution in [0.3, 0.4) is 0 Å². The molecule has 0 radical (unpaired) electrons. The third-order valence-electron chi connectivity index (χ3n) is 2.62. The van der Waals surface area contributed by atoms with Crippen LogP contribution in [-0.4, -0.2) is 39.6 Å². The fraction of sp³-hybridized carbons (Fsp3) is 0.600. The zero-order chi connectivity index (χ0) is 14.8. The van der Waals surface area contributed by atoms with Crippen molar-refractivity contribution in [3.8, 4) is 5.75 Å². The van der Waals surface area contributed by atoms with Gasteiger partial charge in [-0.1, -0.05) is 0 Å². The third-order valence-corrected chi connectivity index (χ3v) is 2.62. The average Bonchev–Trinajstić information content (AvgIpc) is 2.36. The molecule has 0 bridgehead atoms. The summed E-state index contributed by atoms with van der Waals surface area (Å²) in [5.74, 6) is 0.209. The summed E-state index contributed by atoms with van der Waals surface area (Å²) in [6.07, 6.45) is 1.48. The summed E-state index contributed by atoms with van der Waals surface area (Å²) in [5, 5.41) is 0. The van der Waals surface area contributed by atoms with E-state index in [9.17, 15) is 4.39 Å². The molecule has 0 fully saturated rings. The summed E-state index contributed by atoms with van der Waals surface area (Å²) in [6.45, 7) is 4.08. The van der Waals surface area contributed by atoms with E-state index in [0.29, 0.717) is 38.6 Å². The van der Waals surface area contributed by atoms with E-state index in [-0.39, 0.29) is 11.9 Å². The van der Waals surface area contributed by atoms with E-state index in [1.165, 1.54) is 12.1 Å². The minimum atomic E-state index is -0.306. The maximum absolute atomic E-state index is 13.4. The summed E-state index contributed by atoms with van der Waals surface area (Å²) in [5.41, 5.74) is 6.55. The van der Waals surface area contributed by atoms with Crippen LogP contribution in [-0.2, 0) is 15.9 Å². The van der Waals surface area contributed by atoms with Crippen LogP contribution >= 0.6 is 0 Å². The number of ether oxygens (including phenoxy) is 3. The molecular weight excluding hydrogens is 261 g/mol. The van der Waals surface area contributed by atoms with Crippen molar-refractivity contribution in [2.45, 2.75) is 25.8 Å². The second-order valence-electron chi connectivity index (χ2n) is 4.78. The molecule has 1 atom stereocenters. The fourth-order valence-corrected chi connectivity index (χ4v) is 1.82. The number of benzene rings is 1. The minimum absolute atomic E-state index is 0.00577. The highest BCUT2D eigenvalue weighted by Crippen LogP contribution is 2.17. The van der Waals surface area contributed by atoms with Gasteiger partial charge in [0, 0.05) is 32.4 Å². The van der Waals surface area contributed by atoms with E-state index in [1.807, 2.05) is 13.0 Å². The average molecular weight is 285 g/mol. The Morgan fingerprint density at radius 3 is 2.65 bits per heavy atom. The first-order chi connectivity index (χ1) is 9.61. The number of halogens is 1. The molecule has 0 aromatic heterocycles. The van der Waals surface area contributed by atoms with Gasteiger partial charge in [-0.25, -0.2) is 4.39 Å². The molecule has 1 rings (SSSR count). The molecule has 0 saturated carbocycles. The van der Waals surface area contributed by atoms with Crippen LogP contribution in [0.2, 0.25) is 0 Å². The second-order valence-corrected chi connectivity index (χ2v) is 4.78. The molecule has 114 valence electrons. The lowest BCUT2D eigenvalue weighted by atomic mass is 10.1. The Hall–Kier alpha value is -1.17. The molecule has 0 heterocycles. The maximum atomic E-state index is 13.4. The Labute approximate surface area is 120 Å². The predicted octanol–water partition coefficient (Wildman–Crippen LogP) is 2.15. The molecule has 0 aliphatic heterocycles.